The number of nitro benzene ring substituents is 1. The normalized spacial score (nSPS) is 10.8. The van der Waals surface area contributed by atoms with Crippen molar-refractivity contribution >= 4 is 15.7 Å². The molecule has 0 aromatic heterocycles. The Labute approximate surface area is 98.9 Å². The van der Waals surface area contributed by atoms with Crippen molar-refractivity contribution in [3.63, 3.8) is 0 Å². The number of nitro groups is 1. The van der Waals surface area contributed by atoms with Gasteiger partial charge in [0.15, 0.2) is 0 Å². The van der Waals surface area contributed by atoms with E-state index >= 15 is 0 Å². The minimum absolute atomic E-state index is 0.127. The van der Waals surface area contributed by atoms with Crippen molar-refractivity contribution in [3.8, 4) is 12.3 Å². The summed E-state index contributed by atoms with van der Waals surface area (Å²) in [6.45, 7) is -0.136. The van der Waals surface area contributed by atoms with E-state index in [9.17, 15) is 18.5 Å². The molecule has 17 heavy (non-hydrogen) atoms. The molecule has 1 N–H and O–H groups in total. The van der Waals surface area contributed by atoms with Crippen molar-refractivity contribution < 1.29 is 13.3 Å². The molecule has 90 valence electrons. The molecule has 1 aromatic carbocycles. The standard InChI is InChI=1S/C10H10N2O4S/c1-2-7-11-17(15,16)8-9-5-3-4-6-10(9)12(13)14/h1,3-6,11H,7-8H2. The summed E-state index contributed by atoms with van der Waals surface area (Å²) in [5.74, 6) is 1.66. The highest BCUT2D eigenvalue weighted by Crippen LogP contribution is 2.19. The molecule has 0 saturated carbocycles. The Balaban J connectivity index is 2.96. The van der Waals surface area contributed by atoms with Crippen LogP contribution in [0.4, 0.5) is 5.69 Å². The van der Waals surface area contributed by atoms with Gasteiger partial charge in [-0.1, -0.05) is 24.1 Å². The van der Waals surface area contributed by atoms with E-state index in [0.29, 0.717) is 0 Å². The minimum Gasteiger partial charge on any atom is -0.258 e. The fourth-order valence-electron chi connectivity index (χ4n) is 1.22. The van der Waals surface area contributed by atoms with Crippen LogP contribution in [0.25, 0.3) is 0 Å². The van der Waals surface area contributed by atoms with E-state index in [1.807, 2.05) is 0 Å². The molecule has 1 rings (SSSR count). The molecule has 0 aliphatic carbocycles. The lowest BCUT2D eigenvalue weighted by Gasteiger charge is -2.04. The van der Waals surface area contributed by atoms with Gasteiger partial charge in [-0.25, -0.2) is 13.1 Å². The van der Waals surface area contributed by atoms with Crippen molar-refractivity contribution in [3.05, 3.63) is 39.9 Å². The number of rotatable bonds is 5. The Morgan fingerprint density at radius 2 is 2.06 bits per heavy atom. The van der Waals surface area contributed by atoms with Crippen LogP contribution in [-0.2, 0) is 15.8 Å². The largest absolute Gasteiger partial charge is 0.273 e. The van der Waals surface area contributed by atoms with Crippen molar-refractivity contribution in [2.75, 3.05) is 6.54 Å². The number of benzene rings is 1. The predicted molar refractivity (Wildman–Crippen MR) is 62.6 cm³/mol. The SMILES string of the molecule is C#CCNS(=O)(=O)Cc1ccccc1[N+](=O)[O-]. The van der Waals surface area contributed by atoms with Gasteiger partial charge < -0.3 is 0 Å². The van der Waals surface area contributed by atoms with E-state index in [1.54, 1.807) is 6.07 Å². The third-order valence-electron chi connectivity index (χ3n) is 1.93. The van der Waals surface area contributed by atoms with Gasteiger partial charge in [0.05, 0.1) is 17.2 Å². The van der Waals surface area contributed by atoms with E-state index in [0.717, 1.165) is 0 Å². The van der Waals surface area contributed by atoms with Crippen molar-refractivity contribution in [1.82, 2.24) is 4.72 Å². The molecule has 0 fully saturated rings. The second kappa shape index (κ2) is 5.43. The fourth-order valence-corrected chi connectivity index (χ4v) is 2.28. The zero-order valence-corrected chi connectivity index (χ0v) is 9.61. The van der Waals surface area contributed by atoms with Gasteiger partial charge in [-0.05, 0) is 0 Å². The molecule has 0 bridgehead atoms. The van der Waals surface area contributed by atoms with Crippen molar-refractivity contribution in [2.45, 2.75) is 5.75 Å². The summed E-state index contributed by atoms with van der Waals surface area (Å²) in [6.07, 6.45) is 4.92. The highest BCUT2D eigenvalue weighted by atomic mass is 32.2. The van der Waals surface area contributed by atoms with Gasteiger partial charge in [0.1, 0.15) is 0 Å². The molecule has 1 aromatic rings. The number of hydrogen-bond acceptors (Lipinski definition) is 4. The lowest BCUT2D eigenvalue weighted by molar-refractivity contribution is -0.385. The van der Waals surface area contributed by atoms with Gasteiger partial charge in [0.25, 0.3) is 5.69 Å². The molecule has 0 radical (unpaired) electrons. The maximum Gasteiger partial charge on any atom is 0.273 e. The van der Waals surface area contributed by atoms with Crippen LogP contribution < -0.4 is 4.72 Å². The molecule has 0 spiro atoms. The van der Waals surface area contributed by atoms with Crippen LogP contribution in [0.5, 0.6) is 0 Å². The Bertz CT molecular complexity index is 560. The number of nitrogens with one attached hydrogen (secondary N) is 1. The minimum atomic E-state index is -3.65. The molecule has 0 unspecified atom stereocenters. The Hall–Kier alpha value is -1.91. The van der Waals surface area contributed by atoms with Gasteiger partial charge in [0, 0.05) is 11.6 Å². The first-order valence-electron chi connectivity index (χ1n) is 4.59. The van der Waals surface area contributed by atoms with Crippen LogP contribution in [0.15, 0.2) is 24.3 Å². The van der Waals surface area contributed by atoms with Gasteiger partial charge >= 0.3 is 0 Å². The lowest BCUT2D eigenvalue weighted by Crippen LogP contribution is -2.25. The maximum absolute atomic E-state index is 11.5. The summed E-state index contributed by atoms with van der Waals surface area (Å²) >= 11 is 0. The molecule has 0 heterocycles. The number of sulfonamides is 1. The second-order valence-corrected chi connectivity index (χ2v) is 4.98. The van der Waals surface area contributed by atoms with E-state index in [2.05, 4.69) is 10.6 Å². The van der Waals surface area contributed by atoms with E-state index in [4.69, 9.17) is 6.42 Å². The maximum atomic E-state index is 11.5. The zero-order chi connectivity index (χ0) is 12.9. The molecule has 0 amide bonds. The van der Waals surface area contributed by atoms with Crippen molar-refractivity contribution in [1.29, 1.82) is 0 Å². The average Bonchev–Trinajstić information content (AvgIpc) is 2.26. The molecule has 7 heteroatoms. The molecule has 0 atom stereocenters. The van der Waals surface area contributed by atoms with Gasteiger partial charge in [-0.2, -0.15) is 0 Å². The molecule has 6 nitrogen and oxygen atoms in total. The summed E-state index contributed by atoms with van der Waals surface area (Å²) in [7, 11) is -3.65. The Morgan fingerprint density at radius 1 is 1.41 bits per heavy atom. The smallest absolute Gasteiger partial charge is 0.258 e. The van der Waals surface area contributed by atoms with Crippen LogP contribution in [0.3, 0.4) is 0 Å². The first-order valence-corrected chi connectivity index (χ1v) is 6.24. The second-order valence-electron chi connectivity index (χ2n) is 3.17. The number of para-hydroxylation sites is 1. The highest BCUT2D eigenvalue weighted by molar-refractivity contribution is 7.88. The number of hydrogen-bond donors (Lipinski definition) is 1. The number of nitrogens with zero attached hydrogens (tertiary/aromatic N) is 1. The summed E-state index contributed by atoms with van der Waals surface area (Å²) in [5.41, 5.74) is -0.0967. The van der Waals surface area contributed by atoms with E-state index < -0.39 is 20.7 Å². The lowest BCUT2D eigenvalue weighted by atomic mass is 10.2. The molecule has 0 aliphatic rings. The van der Waals surface area contributed by atoms with Crippen LogP contribution in [0.2, 0.25) is 0 Å². The van der Waals surface area contributed by atoms with Crippen LogP contribution in [0, 0.1) is 22.5 Å². The number of terminal acetylenes is 1. The molecule has 0 saturated heterocycles. The first-order chi connectivity index (χ1) is 7.96. The first kappa shape index (κ1) is 13.2. The third kappa shape index (κ3) is 3.86. The van der Waals surface area contributed by atoms with Gasteiger partial charge in [0.2, 0.25) is 10.0 Å². The monoisotopic (exact) mass is 254 g/mol. The Kier molecular flexibility index (Phi) is 4.20. The van der Waals surface area contributed by atoms with Crippen LogP contribution in [-0.4, -0.2) is 19.9 Å². The van der Waals surface area contributed by atoms with Crippen molar-refractivity contribution in [2.24, 2.45) is 0 Å². The average molecular weight is 254 g/mol. The molecular formula is C10H10N2O4S. The zero-order valence-electron chi connectivity index (χ0n) is 8.79. The fraction of sp³-hybridized carbons (Fsp3) is 0.200. The topological polar surface area (TPSA) is 89.3 Å². The summed E-state index contributed by atoms with van der Waals surface area (Å²) < 4.78 is 25.1. The highest BCUT2D eigenvalue weighted by Gasteiger charge is 2.18. The summed E-state index contributed by atoms with van der Waals surface area (Å²) in [4.78, 5) is 10.1. The van der Waals surface area contributed by atoms with E-state index in [-0.39, 0.29) is 17.8 Å². The van der Waals surface area contributed by atoms with Crippen LogP contribution in [0.1, 0.15) is 5.56 Å². The summed E-state index contributed by atoms with van der Waals surface area (Å²) in [5, 5.41) is 10.7. The van der Waals surface area contributed by atoms with Gasteiger partial charge in [-0.15, -0.1) is 6.42 Å². The summed E-state index contributed by atoms with van der Waals surface area (Å²) in [6, 6.07) is 5.67. The molecule has 0 aliphatic heterocycles. The molecular weight excluding hydrogens is 244 g/mol. The van der Waals surface area contributed by atoms with Gasteiger partial charge in [-0.3, -0.25) is 10.1 Å². The van der Waals surface area contributed by atoms with Crippen LogP contribution >= 0.6 is 0 Å². The third-order valence-corrected chi connectivity index (χ3v) is 3.20. The predicted octanol–water partition coefficient (Wildman–Crippen LogP) is 0.647. The Morgan fingerprint density at radius 3 is 2.65 bits per heavy atom. The van der Waals surface area contributed by atoms with E-state index in [1.165, 1.54) is 18.2 Å². The quantitative estimate of drug-likeness (QED) is 0.474.